The van der Waals surface area contributed by atoms with Crippen LogP contribution in [0.5, 0.6) is 0 Å². The summed E-state index contributed by atoms with van der Waals surface area (Å²) in [6.07, 6.45) is -1.26. The number of carbonyl (C=O) groups excluding carboxylic acids is 1. The molecule has 2 rings (SSSR count). The summed E-state index contributed by atoms with van der Waals surface area (Å²) < 4.78 is 41.2. The summed E-state index contributed by atoms with van der Waals surface area (Å²) in [5.74, 6) is 0.112. The first kappa shape index (κ1) is 13.6. The fourth-order valence-corrected chi connectivity index (χ4v) is 2.23. The zero-order valence-electron chi connectivity index (χ0n) is 9.93. The molecule has 4 nitrogen and oxygen atoms in total. The van der Waals surface area contributed by atoms with E-state index in [2.05, 4.69) is 10.6 Å². The lowest BCUT2D eigenvalue weighted by Gasteiger charge is -2.19. The molecule has 1 heterocycles. The van der Waals surface area contributed by atoms with Crippen molar-refractivity contribution >= 4 is 5.91 Å². The molecule has 2 fully saturated rings. The summed E-state index contributed by atoms with van der Waals surface area (Å²) in [6.45, 7) is -0.844. The predicted molar refractivity (Wildman–Crippen MR) is 57.9 cm³/mol. The molecule has 18 heavy (non-hydrogen) atoms. The van der Waals surface area contributed by atoms with Gasteiger partial charge in [-0.15, -0.1) is 0 Å². The molecule has 2 aliphatic rings. The summed E-state index contributed by atoms with van der Waals surface area (Å²) in [5, 5.41) is 4.82. The zero-order valence-corrected chi connectivity index (χ0v) is 9.93. The standard InChI is InChI=1S/C11H17F3N2O2/c12-11(13,14)6-15-5-9(17)16-8-3-4-18-10(8)7-1-2-7/h7-8,10,15H,1-6H2,(H,16,17). The number of hydrogen-bond donors (Lipinski definition) is 2. The molecule has 1 aliphatic heterocycles. The Bertz CT molecular complexity index is 305. The second-order valence-corrected chi connectivity index (χ2v) is 4.85. The Kier molecular flexibility index (Phi) is 4.11. The second-order valence-electron chi connectivity index (χ2n) is 4.85. The van der Waals surface area contributed by atoms with Gasteiger partial charge < -0.3 is 15.4 Å². The van der Waals surface area contributed by atoms with Crippen LogP contribution in [-0.4, -0.2) is 43.9 Å². The number of carbonyl (C=O) groups is 1. The molecule has 0 spiro atoms. The van der Waals surface area contributed by atoms with Crippen LogP contribution in [-0.2, 0) is 9.53 Å². The third-order valence-electron chi connectivity index (χ3n) is 3.18. The molecule has 0 aromatic heterocycles. The molecule has 1 amide bonds. The molecule has 0 bridgehead atoms. The van der Waals surface area contributed by atoms with E-state index in [9.17, 15) is 18.0 Å². The number of halogens is 3. The maximum Gasteiger partial charge on any atom is 0.401 e. The SMILES string of the molecule is O=C(CNCC(F)(F)F)NC1CCOC1C1CC1. The smallest absolute Gasteiger partial charge is 0.376 e. The average Bonchev–Trinajstić information content (AvgIpc) is 2.98. The molecule has 104 valence electrons. The minimum Gasteiger partial charge on any atom is -0.376 e. The lowest BCUT2D eigenvalue weighted by molar-refractivity contribution is -0.128. The van der Waals surface area contributed by atoms with E-state index >= 15 is 0 Å². The van der Waals surface area contributed by atoms with Gasteiger partial charge in [0.15, 0.2) is 0 Å². The Hall–Kier alpha value is -0.820. The van der Waals surface area contributed by atoms with Crippen molar-refractivity contribution in [3.05, 3.63) is 0 Å². The van der Waals surface area contributed by atoms with Crippen LogP contribution in [0.4, 0.5) is 13.2 Å². The van der Waals surface area contributed by atoms with E-state index in [0.717, 1.165) is 19.3 Å². The highest BCUT2D eigenvalue weighted by Gasteiger charge is 2.41. The molecule has 2 atom stereocenters. The first-order valence-electron chi connectivity index (χ1n) is 6.14. The minimum absolute atomic E-state index is 0.0438. The zero-order chi connectivity index (χ0) is 13.2. The summed E-state index contributed by atoms with van der Waals surface area (Å²) in [4.78, 5) is 11.5. The maximum atomic E-state index is 11.9. The largest absolute Gasteiger partial charge is 0.401 e. The predicted octanol–water partition coefficient (Wildman–Crippen LogP) is 0.822. The van der Waals surface area contributed by atoms with Crippen molar-refractivity contribution in [1.82, 2.24) is 10.6 Å². The monoisotopic (exact) mass is 266 g/mol. The van der Waals surface area contributed by atoms with Crippen molar-refractivity contribution < 1.29 is 22.7 Å². The normalized spacial score (nSPS) is 28.4. The van der Waals surface area contributed by atoms with Crippen LogP contribution < -0.4 is 10.6 Å². The summed E-state index contributed by atoms with van der Waals surface area (Å²) in [5.41, 5.74) is 0. The molecule has 7 heteroatoms. The number of amides is 1. The molecular formula is C11H17F3N2O2. The quantitative estimate of drug-likeness (QED) is 0.774. The minimum atomic E-state index is -4.28. The van der Waals surface area contributed by atoms with Crippen molar-refractivity contribution in [2.24, 2.45) is 5.92 Å². The van der Waals surface area contributed by atoms with Gasteiger partial charge in [0.2, 0.25) is 5.91 Å². The van der Waals surface area contributed by atoms with Crippen LogP contribution in [0.2, 0.25) is 0 Å². The molecule has 0 radical (unpaired) electrons. The van der Waals surface area contributed by atoms with Crippen molar-refractivity contribution in [2.75, 3.05) is 19.7 Å². The van der Waals surface area contributed by atoms with Gasteiger partial charge in [0.25, 0.3) is 0 Å². The van der Waals surface area contributed by atoms with E-state index in [0.29, 0.717) is 12.5 Å². The van der Waals surface area contributed by atoms with E-state index in [1.807, 2.05) is 0 Å². The van der Waals surface area contributed by atoms with Gasteiger partial charge in [-0.05, 0) is 25.2 Å². The van der Waals surface area contributed by atoms with Crippen LogP contribution in [0.25, 0.3) is 0 Å². The van der Waals surface area contributed by atoms with Crippen molar-refractivity contribution in [1.29, 1.82) is 0 Å². The maximum absolute atomic E-state index is 11.9. The van der Waals surface area contributed by atoms with E-state index in [1.54, 1.807) is 0 Å². The van der Waals surface area contributed by atoms with Crippen LogP contribution >= 0.6 is 0 Å². The van der Waals surface area contributed by atoms with Crippen LogP contribution in [0, 0.1) is 5.92 Å². The van der Waals surface area contributed by atoms with Gasteiger partial charge in [0.1, 0.15) is 0 Å². The first-order valence-corrected chi connectivity index (χ1v) is 6.14. The molecule has 1 saturated heterocycles. The van der Waals surface area contributed by atoms with Gasteiger partial charge in [-0.3, -0.25) is 4.79 Å². The third kappa shape index (κ3) is 4.13. The summed E-state index contributed by atoms with van der Waals surface area (Å²) in [7, 11) is 0. The van der Waals surface area contributed by atoms with Crippen LogP contribution in [0.1, 0.15) is 19.3 Å². The van der Waals surface area contributed by atoms with E-state index in [4.69, 9.17) is 4.74 Å². The number of hydrogen-bond acceptors (Lipinski definition) is 3. The lowest BCUT2D eigenvalue weighted by Crippen LogP contribution is -2.46. The van der Waals surface area contributed by atoms with Crippen LogP contribution in [0.15, 0.2) is 0 Å². The Morgan fingerprint density at radius 2 is 2.00 bits per heavy atom. The Labute approximate surface area is 103 Å². The van der Waals surface area contributed by atoms with Gasteiger partial charge in [-0.25, -0.2) is 0 Å². The van der Waals surface area contributed by atoms with Crippen LogP contribution in [0.3, 0.4) is 0 Å². The molecule has 0 aromatic rings. The van der Waals surface area contributed by atoms with Crippen molar-refractivity contribution in [2.45, 2.75) is 37.6 Å². The van der Waals surface area contributed by atoms with Gasteiger partial charge in [0, 0.05) is 6.61 Å². The summed E-state index contributed by atoms with van der Waals surface area (Å²) in [6, 6.07) is -0.0438. The molecule has 0 aromatic carbocycles. The average molecular weight is 266 g/mol. The van der Waals surface area contributed by atoms with E-state index in [-0.39, 0.29) is 18.7 Å². The van der Waals surface area contributed by atoms with Crippen molar-refractivity contribution in [3.63, 3.8) is 0 Å². The van der Waals surface area contributed by atoms with E-state index in [1.165, 1.54) is 0 Å². The number of rotatable bonds is 5. The third-order valence-corrected chi connectivity index (χ3v) is 3.18. The van der Waals surface area contributed by atoms with Gasteiger partial charge >= 0.3 is 6.18 Å². The number of alkyl halides is 3. The Morgan fingerprint density at radius 1 is 1.28 bits per heavy atom. The topological polar surface area (TPSA) is 50.4 Å². The highest BCUT2D eigenvalue weighted by atomic mass is 19.4. The molecule has 1 saturated carbocycles. The molecule has 2 unspecified atom stereocenters. The molecular weight excluding hydrogens is 249 g/mol. The first-order chi connectivity index (χ1) is 8.46. The van der Waals surface area contributed by atoms with E-state index < -0.39 is 18.6 Å². The number of nitrogens with one attached hydrogen (secondary N) is 2. The summed E-state index contributed by atoms with van der Waals surface area (Å²) >= 11 is 0. The molecule has 1 aliphatic carbocycles. The molecule has 2 N–H and O–H groups in total. The Morgan fingerprint density at radius 3 is 2.61 bits per heavy atom. The lowest BCUT2D eigenvalue weighted by atomic mass is 10.1. The second kappa shape index (κ2) is 5.44. The van der Waals surface area contributed by atoms with Gasteiger partial charge in [-0.2, -0.15) is 13.2 Å². The highest BCUT2D eigenvalue weighted by molar-refractivity contribution is 5.78. The van der Waals surface area contributed by atoms with Gasteiger partial charge in [-0.1, -0.05) is 0 Å². The van der Waals surface area contributed by atoms with Crippen molar-refractivity contribution in [3.8, 4) is 0 Å². The number of ether oxygens (including phenoxy) is 1. The Balaban J connectivity index is 1.67. The fourth-order valence-electron chi connectivity index (χ4n) is 2.23. The van der Waals surface area contributed by atoms with Gasteiger partial charge in [0.05, 0.1) is 25.2 Å². The fraction of sp³-hybridized carbons (Fsp3) is 0.909. The highest BCUT2D eigenvalue weighted by Crippen LogP contribution is 2.38.